The normalized spacial score (nSPS) is 23.3. The van der Waals surface area contributed by atoms with E-state index in [0.29, 0.717) is 13.0 Å². The van der Waals surface area contributed by atoms with Crippen molar-refractivity contribution >= 4 is 11.9 Å². The highest BCUT2D eigenvalue weighted by atomic mass is 19.4. The maximum atomic E-state index is 12.7. The second kappa shape index (κ2) is 8.41. The first kappa shape index (κ1) is 21.8. The first-order valence-electron chi connectivity index (χ1n) is 8.92. The van der Waals surface area contributed by atoms with Crippen LogP contribution in [0.25, 0.3) is 0 Å². The molecule has 7 heteroatoms. The summed E-state index contributed by atoms with van der Waals surface area (Å²) in [4.78, 5) is 25.6. The third kappa shape index (κ3) is 6.86. The largest absolute Gasteiger partial charge is 0.460 e. The van der Waals surface area contributed by atoms with Gasteiger partial charge in [-0.2, -0.15) is 13.2 Å². The lowest BCUT2D eigenvalue weighted by Crippen LogP contribution is -2.53. The summed E-state index contributed by atoms with van der Waals surface area (Å²) in [5.41, 5.74) is -0.700. The van der Waals surface area contributed by atoms with Crippen LogP contribution in [-0.2, 0) is 14.3 Å². The number of esters is 1. The van der Waals surface area contributed by atoms with Crippen LogP contribution >= 0.6 is 0 Å². The number of piperidine rings is 1. The van der Waals surface area contributed by atoms with Crippen molar-refractivity contribution in [2.45, 2.75) is 85.0 Å². The first-order chi connectivity index (χ1) is 11.3. The summed E-state index contributed by atoms with van der Waals surface area (Å²) < 4.78 is 43.4. The highest BCUT2D eigenvalue weighted by Crippen LogP contribution is 2.31. The fraction of sp³-hybridized carbons (Fsp3) is 0.889. The van der Waals surface area contributed by atoms with E-state index in [9.17, 15) is 22.8 Å². The molecule has 1 saturated heterocycles. The molecule has 0 N–H and O–H groups in total. The third-order valence-corrected chi connectivity index (χ3v) is 4.54. The minimum atomic E-state index is -4.54. The second-order valence-corrected chi connectivity index (χ2v) is 8.00. The zero-order valence-corrected chi connectivity index (χ0v) is 15.8. The molecule has 1 fully saturated rings. The predicted molar refractivity (Wildman–Crippen MR) is 88.8 cm³/mol. The molecule has 0 saturated carbocycles. The molecule has 1 aliphatic heterocycles. The molecule has 1 aliphatic rings. The molecule has 0 spiro atoms. The van der Waals surface area contributed by atoms with E-state index in [1.54, 1.807) is 27.7 Å². The Balaban J connectivity index is 2.89. The number of alkyl halides is 3. The van der Waals surface area contributed by atoms with Gasteiger partial charge < -0.3 is 9.64 Å². The molecule has 1 rings (SSSR count). The molecule has 4 nitrogen and oxygen atoms in total. The SMILES string of the molecule is CCCC1CCC(C(C)OC(=O)C(C)(C)C)N(C(=O)CC(F)(F)F)C1. The van der Waals surface area contributed by atoms with Crippen LogP contribution in [0.3, 0.4) is 0 Å². The highest BCUT2D eigenvalue weighted by Gasteiger charge is 2.41. The van der Waals surface area contributed by atoms with Gasteiger partial charge in [-0.1, -0.05) is 13.3 Å². The van der Waals surface area contributed by atoms with E-state index in [1.165, 1.54) is 4.90 Å². The van der Waals surface area contributed by atoms with Gasteiger partial charge in [-0.05, 0) is 52.9 Å². The summed E-state index contributed by atoms with van der Waals surface area (Å²) in [5.74, 6) is -1.15. The first-order valence-corrected chi connectivity index (χ1v) is 8.92. The van der Waals surface area contributed by atoms with Gasteiger partial charge in [0.2, 0.25) is 5.91 Å². The molecule has 3 atom stereocenters. The van der Waals surface area contributed by atoms with Gasteiger partial charge in [0.15, 0.2) is 0 Å². The van der Waals surface area contributed by atoms with Gasteiger partial charge in [-0.15, -0.1) is 0 Å². The average molecular weight is 365 g/mol. The summed E-state index contributed by atoms with van der Waals surface area (Å²) in [7, 11) is 0. The number of rotatable bonds is 5. The van der Waals surface area contributed by atoms with Crippen LogP contribution in [0.15, 0.2) is 0 Å². The minimum Gasteiger partial charge on any atom is -0.460 e. The van der Waals surface area contributed by atoms with Crippen LogP contribution < -0.4 is 0 Å². The van der Waals surface area contributed by atoms with Crippen molar-refractivity contribution in [3.05, 3.63) is 0 Å². The third-order valence-electron chi connectivity index (χ3n) is 4.54. The topological polar surface area (TPSA) is 46.6 Å². The van der Waals surface area contributed by atoms with Gasteiger partial charge in [0.25, 0.3) is 0 Å². The van der Waals surface area contributed by atoms with Gasteiger partial charge in [0, 0.05) is 6.54 Å². The van der Waals surface area contributed by atoms with Crippen molar-refractivity contribution in [3.8, 4) is 0 Å². The number of amides is 1. The molecule has 1 heterocycles. The molecule has 0 aliphatic carbocycles. The maximum absolute atomic E-state index is 12.7. The monoisotopic (exact) mass is 365 g/mol. The molecule has 0 bridgehead atoms. The average Bonchev–Trinajstić information content (AvgIpc) is 2.44. The Labute approximate surface area is 148 Å². The molecule has 0 aromatic rings. The van der Waals surface area contributed by atoms with Gasteiger partial charge in [0.1, 0.15) is 12.5 Å². The number of hydrogen-bond donors (Lipinski definition) is 0. The fourth-order valence-electron chi connectivity index (χ4n) is 3.18. The van der Waals surface area contributed by atoms with E-state index in [-0.39, 0.29) is 5.92 Å². The smallest absolute Gasteiger partial charge is 0.397 e. The van der Waals surface area contributed by atoms with Gasteiger partial charge in [-0.25, -0.2) is 0 Å². The Morgan fingerprint density at radius 2 is 1.80 bits per heavy atom. The molecule has 0 aromatic heterocycles. The molecule has 146 valence electrons. The van der Waals surface area contributed by atoms with Crippen LogP contribution in [0, 0.1) is 11.3 Å². The van der Waals surface area contributed by atoms with Gasteiger partial charge >= 0.3 is 12.1 Å². The van der Waals surface area contributed by atoms with E-state index < -0.39 is 42.0 Å². The zero-order chi connectivity index (χ0) is 19.4. The minimum absolute atomic E-state index is 0.198. The van der Waals surface area contributed by atoms with E-state index >= 15 is 0 Å². The van der Waals surface area contributed by atoms with E-state index in [1.807, 2.05) is 6.92 Å². The number of hydrogen-bond acceptors (Lipinski definition) is 3. The van der Waals surface area contributed by atoms with Crippen LogP contribution in [0.1, 0.15) is 66.7 Å². The van der Waals surface area contributed by atoms with Crippen molar-refractivity contribution in [1.29, 1.82) is 0 Å². The van der Waals surface area contributed by atoms with Crippen molar-refractivity contribution in [2.24, 2.45) is 11.3 Å². The summed E-state index contributed by atoms with van der Waals surface area (Å²) >= 11 is 0. The standard InChI is InChI=1S/C18H30F3NO3/c1-6-7-13-8-9-14(12(2)25-16(24)17(3,4)5)22(11-13)15(23)10-18(19,20)21/h12-14H,6-11H2,1-5H3. The zero-order valence-electron chi connectivity index (χ0n) is 15.8. The molecular formula is C18H30F3NO3. The Morgan fingerprint density at radius 3 is 2.28 bits per heavy atom. The van der Waals surface area contributed by atoms with Crippen LogP contribution in [0.4, 0.5) is 13.2 Å². The Bertz CT molecular complexity index is 471. The second-order valence-electron chi connectivity index (χ2n) is 8.00. The number of nitrogens with zero attached hydrogens (tertiary/aromatic N) is 1. The van der Waals surface area contributed by atoms with Crippen molar-refractivity contribution in [3.63, 3.8) is 0 Å². The van der Waals surface area contributed by atoms with Crippen LogP contribution in [-0.4, -0.2) is 41.6 Å². The fourth-order valence-corrected chi connectivity index (χ4v) is 3.18. The summed E-state index contributed by atoms with van der Waals surface area (Å²) in [5, 5.41) is 0. The number of ether oxygens (including phenoxy) is 1. The Kier molecular flexibility index (Phi) is 7.32. The van der Waals surface area contributed by atoms with E-state index in [2.05, 4.69) is 0 Å². The van der Waals surface area contributed by atoms with Crippen molar-refractivity contribution in [1.82, 2.24) is 4.90 Å². The summed E-state index contributed by atoms with van der Waals surface area (Å²) in [6.07, 6.45) is -3.47. The molecule has 0 radical (unpaired) electrons. The molecule has 1 amide bonds. The van der Waals surface area contributed by atoms with Crippen LogP contribution in [0.5, 0.6) is 0 Å². The molecule has 0 aromatic carbocycles. The van der Waals surface area contributed by atoms with E-state index in [0.717, 1.165) is 19.3 Å². The predicted octanol–water partition coefficient (Wildman–Crippen LogP) is 4.32. The van der Waals surface area contributed by atoms with Gasteiger partial charge in [0.05, 0.1) is 11.5 Å². The lowest BCUT2D eigenvalue weighted by atomic mass is 9.87. The van der Waals surface area contributed by atoms with Crippen molar-refractivity contribution in [2.75, 3.05) is 6.54 Å². The lowest BCUT2D eigenvalue weighted by molar-refractivity contribution is -0.173. The number of likely N-dealkylation sites (tertiary alicyclic amines) is 1. The number of carbonyl (C=O) groups is 2. The molecular weight excluding hydrogens is 335 g/mol. The lowest BCUT2D eigenvalue weighted by Gasteiger charge is -2.42. The van der Waals surface area contributed by atoms with E-state index in [4.69, 9.17) is 4.74 Å². The van der Waals surface area contributed by atoms with Crippen molar-refractivity contribution < 1.29 is 27.5 Å². The maximum Gasteiger partial charge on any atom is 0.397 e. The quantitative estimate of drug-likeness (QED) is 0.682. The number of carbonyl (C=O) groups excluding carboxylic acids is 2. The molecule has 3 unspecified atom stereocenters. The van der Waals surface area contributed by atoms with Gasteiger partial charge in [-0.3, -0.25) is 9.59 Å². The number of halogens is 3. The molecule has 25 heavy (non-hydrogen) atoms. The summed E-state index contributed by atoms with van der Waals surface area (Å²) in [6, 6.07) is -0.505. The Hall–Kier alpha value is -1.27. The van der Waals surface area contributed by atoms with Crippen LogP contribution in [0.2, 0.25) is 0 Å². The summed E-state index contributed by atoms with van der Waals surface area (Å²) in [6.45, 7) is 9.11. The Morgan fingerprint density at radius 1 is 1.20 bits per heavy atom. The highest BCUT2D eigenvalue weighted by molar-refractivity contribution is 5.78.